The minimum Gasteiger partial charge on any atom is -0.268 e. The molecule has 0 fully saturated rings. The number of imide groups is 1. The highest BCUT2D eigenvalue weighted by atomic mass is 35.5. The second-order valence-electron chi connectivity index (χ2n) is 5.82. The van der Waals surface area contributed by atoms with Crippen LogP contribution in [0.1, 0.15) is 22.3 Å². The molecule has 24 heavy (non-hydrogen) atoms. The summed E-state index contributed by atoms with van der Waals surface area (Å²) in [6.45, 7) is 5.70. The predicted molar refractivity (Wildman–Crippen MR) is 97.4 cm³/mol. The standard InChI is InChI=1S/C19H15Cl2NO2/c1-10-7-8-13(9-11(10)2)16-17(21)19(24)22(18(16)23)15-6-4-5-14(20)12(15)3/h4-9H,1-3H3. The number of halogens is 2. The molecule has 0 unspecified atom stereocenters. The molecule has 0 aromatic heterocycles. The number of anilines is 1. The number of carbonyl (C=O) groups is 2. The molecule has 122 valence electrons. The van der Waals surface area contributed by atoms with Crippen LogP contribution in [-0.2, 0) is 9.59 Å². The summed E-state index contributed by atoms with van der Waals surface area (Å²) in [7, 11) is 0. The Morgan fingerprint density at radius 1 is 0.875 bits per heavy atom. The van der Waals surface area contributed by atoms with E-state index in [4.69, 9.17) is 23.2 Å². The van der Waals surface area contributed by atoms with E-state index in [1.54, 1.807) is 31.2 Å². The van der Waals surface area contributed by atoms with Crippen molar-refractivity contribution in [2.45, 2.75) is 20.8 Å². The molecule has 0 atom stereocenters. The van der Waals surface area contributed by atoms with E-state index in [0.717, 1.165) is 16.0 Å². The number of carbonyl (C=O) groups excluding carboxylic acids is 2. The molecule has 0 bridgehead atoms. The van der Waals surface area contributed by atoms with Gasteiger partial charge in [0.15, 0.2) is 0 Å². The smallest absolute Gasteiger partial charge is 0.268 e. The Morgan fingerprint density at radius 3 is 2.25 bits per heavy atom. The van der Waals surface area contributed by atoms with Gasteiger partial charge in [-0.1, -0.05) is 47.5 Å². The molecule has 2 amide bonds. The first-order chi connectivity index (χ1) is 11.3. The maximum Gasteiger partial charge on any atom is 0.277 e. The summed E-state index contributed by atoms with van der Waals surface area (Å²) in [6.07, 6.45) is 0. The van der Waals surface area contributed by atoms with Crippen LogP contribution in [0.3, 0.4) is 0 Å². The molecular formula is C19H15Cl2NO2. The lowest BCUT2D eigenvalue weighted by molar-refractivity contribution is -0.119. The zero-order valence-corrected chi connectivity index (χ0v) is 15.0. The third-order valence-electron chi connectivity index (χ3n) is 4.30. The normalized spacial score (nSPS) is 14.8. The van der Waals surface area contributed by atoms with Crippen molar-refractivity contribution < 1.29 is 9.59 Å². The van der Waals surface area contributed by atoms with Crippen LogP contribution in [0.15, 0.2) is 41.4 Å². The molecule has 2 aromatic rings. The van der Waals surface area contributed by atoms with Gasteiger partial charge in [-0.2, -0.15) is 0 Å². The molecule has 1 aliphatic heterocycles. The largest absolute Gasteiger partial charge is 0.277 e. The summed E-state index contributed by atoms with van der Waals surface area (Å²) >= 11 is 12.3. The molecule has 0 saturated heterocycles. The highest BCUT2D eigenvalue weighted by Gasteiger charge is 2.40. The summed E-state index contributed by atoms with van der Waals surface area (Å²) in [5, 5.41) is 0.423. The number of aryl methyl sites for hydroxylation is 2. The van der Waals surface area contributed by atoms with Crippen LogP contribution < -0.4 is 4.90 Å². The number of amides is 2. The summed E-state index contributed by atoms with van der Waals surface area (Å²) < 4.78 is 0. The molecule has 3 nitrogen and oxygen atoms in total. The van der Waals surface area contributed by atoms with E-state index < -0.39 is 11.8 Å². The topological polar surface area (TPSA) is 37.4 Å². The van der Waals surface area contributed by atoms with Crippen LogP contribution in [-0.4, -0.2) is 11.8 Å². The average molecular weight is 360 g/mol. The van der Waals surface area contributed by atoms with Gasteiger partial charge in [0.1, 0.15) is 5.03 Å². The van der Waals surface area contributed by atoms with Gasteiger partial charge in [0, 0.05) is 5.02 Å². The van der Waals surface area contributed by atoms with E-state index in [1.807, 2.05) is 26.0 Å². The lowest BCUT2D eigenvalue weighted by atomic mass is 10.0. The fourth-order valence-electron chi connectivity index (χ4n) is 2.71. The Hall–Kier alpha value is -2.10. The molecule has 3 rings (SSSR count). The molecule has 0 N–H and O–H groups in total. The maximum atomic E-state index is 12.9. The van der Waals surface area contributed by atoms with Crippen molar-refractivity contribution in [3.05, 3.63) is 68.7 Å². The van der Waals surface area contributed by atoms with Crippen molar-refractivity contribution in [3.63, 3.8) is 0 Å². The number of nitrogens with zero attached hydrogens (tertiary/aromatic N) is 1. The molecule has 5 heteroatoms. The molecular weight excluding hydrogens is 345 g/mol. The van der Waals surface area contributed by atoms with Gasteiger partial charge in [-0.05, 0) is 55.2 Å². The van der Waals surface area contributed by atoms with Gasteiger partial charge in [0.2, 0.25) is 0 Å². The number of rotatable bonds is 2. The van der Waals surface area contributed by atoms with E-state index in [2.05, 4.69) is 0 Å². The van der Waals surface area contributed by atoms with E-state index in [1.165, 1.54) is 0 Å². The third-order valence-corrected chi connectivity index (χ3v) is 5.06. The Balaban J connectivity index is 2.11. The fraction of sp³-hybridized carbons (Fsp3) is 0.158. The molecule has 0 spiro atoms. The molecule has 0 saturated carbocycles. The van der Waals surface area contributed by atoms with Crippen LogP contribution in [0.2, 0.25) is 5.02 Å². The molecule has 0 radical (unpaired) electrons. The second-order valence-corrected chi connectivity index (χ2v) is 6.60. The van der Waals surface area contributed by atoms with Gasteiger partial charge < -0.3 is 0 Å². The van der Waals surface area contributed by atoms with Crippen molar-refractivity contribution in [2.24, 2.45) is 0 Å². The summed E-state index contributed by atoms with van der Waals surface area (Å²) in [4.78, 5) is 26.6. The van der Waals surface area contributed by atoms with Crippen molar-refractivity contribution in [2.75, 3.05) is 4.90 Å². The first-order valence-electron chi connectivity index (χ1n) is 7.44. The number of hydrogen-bond donors (Lipinski definition) is 0. The quantitative estimate of drug-likeness (QED) is 0.723. The Bertz CT molecular complexity index is 916. The Kier molecular flexibility index (Phi) is 4.24. The first kappa shape index (κ1) is 16.7. The molecule has 1 aliphatic rings. The van der Waals surface area contributed by atoms with Crippen LogP contribution in [0.25, 0.3) is 5.57 Å². The van der Waals surface area contributed by atoms with Crippen LogP contribution in [0, 0.1) is 20.8 Å². The van der Waals surface area contributed by atoms with Gasteiger partial charge in [0.05, 0.1) is 11.3 Å². The van der Waals surface area contributed by atoms with E-state index >= 15 is 0 Å². The van der Waals surface area contributed by atoms with Crippen LogP contribution >= 0.6 is 23.2 Å². The second kappa shape index (κ2) is 6.08. The summed E-state index contributed by atoms with van der Waals surface area (Å²) in [6, 6.07) is 10.7. The van der Waals surface area contributed by atoms with Gasteiger partial charge in [0.25, 0.3) is 11.8 Å². The highest BCUT2D eigenvalue weighted by molar-refractivity contribution is 6.60. The highest BCUT2D eigenvalue weighted by Crippen LogP contribution is 2.37. The Labute approximate surface area is 150 Å². The minimum atomic E-state index is -0.528. The van der Waals surface area contributed by atoms with Crippen molar-refractivity contribution in [3.8, 4) is 0 Å². The van der Waals surface area contributed by atoms with Gasteiger partial charge in [-0.25, -0.2) is 4.90 Å². The summed E-state index contributed by atoms with van der Waals surface area (Å²) in [5.74, 6) is -0.959. The lowest BCUT2D eigenvalue weighted by Crippen LogP contribution is -2.31. The lowest BCUT2D eigenvalue weighted by Gasteiger charge is -2.18. The third kappa shape index (κ3) is 2.54. The van der Waals surface area contributed by atoms with Gasteiger partial charge in [-0.3, -0.25) is 9.59 Å². The van der Waals surface area contributed by atoms with Crippen molar-refractivity contribution >= 4 is 46.3 Å². The van der Waals surface area contributed by atoms with E-state index in [9.17, 15) is 9.59 Å². The predicted octanol–water partition coefficient (Wildman–Crippen LogP) is 4.79. The monoisotopic (exact) mass is 359 g/mol. The number of hydrogen-bond acceptors (Lipinski definition) is 2. The zero-order valence-electron chi connectivity index (χ0n) is 13.5. The van der Waals surface area contributed by atoms with Gasteiger partial charge in [-0.15, -0.1) is 0 Å². The molecule has 0 aliphatic carbocycles. The van der Waals surface area contributed by atoms with Gasteiger partial charge >= 0.3 is 0 Å². The average Bonchev–Trinajstić information content (AvgIpc) is 2.76. The molecule has 1 heterocycles. The molecule has 2 aromatic carbocycles. The van der Waals surface area contributed by atoms with Crippen molar-refractivity contribution in [1.82, 2.24) is 0 Å². The fourth-order valence-corrected chi connectivity index (χ4v) is 3.15. The number of benzene rings is 2. The first-order valence-corrected chi connectivity index (χ1v) is 8.20. The van der Waals surface area contributed by atoms with Crippen LogP contribution in [0.5, 0.6) is 0 Å². The van der Waals surface area contributed by atoms with Crippen LogP contribution in [0.4, 0.5) is 5.69 Å². The van der Waals surface area contributed by atoms with E-state index in [0.29, 0.717) is 21.8 Å². The Morgan fingerprint density at radius 2 is 1.58 bits per heavy atom. The zero-order chi connectivity index (χ0) is 17.6. The van der Waals surface area contributed by atoms with Crippen molar-refractivity contribution in [1.29, 1.82) is 0 Å². The minimum absolute atomic E-state index is 0.0670. The van der Waals surface area contributed by atoms with E-state index in [-0.39, 0.29) is 10.6 Å². The SMILES string of the molecule is Cc1ccc(C2=C(Cl)C(=O)N(c3cccc(Cl)c3C)C2=O)cc1C. The summed E-state index contributed by atoms with van der Waals surface area (Å²) in [5.41, 5.74) is 4.12. The maximum absolute atomic E-state index is 12.9.